The number of carbonyl (C=O) groups is 2. The fourth-order valence-electron chi connectivity index (χ4n) is 2.62. The molecule has 0 spiro atoms. The van der Waals surface area contributed by atoms with Crippen molar-refractivity contribution in [1.82, 2.24) is 0 Å². The minimum absolute atomic E-state index is 0. The Hall–Kier alpha value is -1.37. The van der Waals surface area contributed by atoms with Crippen LogP contribution in [0.15, 0.2) is 0 Å². The number of halogens is 22. The molecule has 0 fully saturated rings. The van der Waals surface area contributed by atoms with Gasteiger partial charge in [0.1, 0.15) is 5.25 Å². The van der Waals surface area contributed by atoms with Gasteiger partial charge in [-0.2, -0.15) is 101 Å². The van der Waals surface area contributed by atoms with E-state index in [2.05, 4.69) is 18.8 Å². The van der Waals surface area contributed by atoms with E-state index >= 15 is 0 Å². The number of ether oxygens (including phenoxy) is 2. The summed E-state index contributed by atoms with van der Waals surface area (Å²) in [5.41, 5.74) is 0. The van der Waals surface area contributed by atoms with Gasteiger partial charge in [0.25, 0.3) is 0 Å². The fourth-order valence-corrected chi connectivity index (χ4v) is 3.10. The second kappa shape index (κ2) is 16.1. The van der Waals surface area contributed by atoms with Crippen molar-refractivity contribution in [3.63, 3.8) is 0 Å². The van der Waals surface area contributed by atoms with E-state index < -0.39 is 121 Å². The Morgan fingerprint density at radius 1 is 0.531 bits per heavy atom. The van der Waals surface area contributed by atoms with Crippen LogP contribution in [0.5, 0.6) is 0 Å². The molecule has 0 aromatic heterocycles. The van der Waals surface area contributed by atoms with Crippen molar-refractivity contribution in [3.8, 4) is 0 Å². The molecular formula is C18H11F22NaO7S. The predicted octanol–water partition coefficient (Wildman–Crippen LogP) is 3.69. The molecule has 31 heteroatoms. The van der Waals surface area contributed by atoms with E-state index in [9.17, 15) is 111 Å². The summed E-state index contributed by atoms with van der Waals surface area (Å²) in [7, 11) is 0. The molecule has 49 heavy (non-hydrogen) atoms. The van der Waals surface area contributed by atoms with Gasteiger partial charge < -0.3 is 14.7 Å². The van der Waals surface area contributed by atoms with Gasteiger partial charge in [-0.1, -0.05) is 0 Å². The molecule has 7 nitrogen and oxygen atoms in total. The fraction of sp³-hybridized carbons (Fsp3) is 0.889. The standard InChI is InChI=1S/C18H12F22O7S.Na/c19-9(20,11(23,24)13(27,28)14(29,30)16(33,34)18(38,39)40)1-3-44-7(41)5-6(48-47-46-43)8(42)45-4-2-10(21,22)12(25,26)15(31,32)17(35,36)37;/h6,43H,1-5H2;/q;+1/p-1. The first-order valence-corrected chi connectivity index (χ1v) is 11.8. The van der Waals surface area contributed by atoms with E-state index in [1.54, 1.807) is 0 Å². The zero-order valence-corrected chi connectivity index (χ0v) is 25.5. The van der Waals surface area contributed by atoms with Gasteiger partial charge in [0, 0.05) is 12.0 Å². The van der Waals surface area contributed by atoms with Crippen molar-refractivity contribution in [2.45, 2.75) is 84.2 Å². The van der Waals surface area contributed by atoms with Crippen molar-refractivity contribution >= 4 is 24.0 Å². The molecular weight excluding hydrogens is 801 g/mol. The third-order valence-electron chi connectivity index (χ3n) is 5.35. The summed E-state index contributed by atoms with van der Waals surface area (Å²) in [5, 5.41) is 9.93. The largest absolute Gasteiger partial charge is 1.00 e. The number of alkyl halides is 22. The van der Waals surface area contributed by atoms with Gasteiger partial charge in [0.15, 0.2) is 0 Å². The molecule has 0 aromatic rings. The average molecular weight is 812 g/mol. The molecule has 0 aromatic carbocycles. The van der Waals surface area contributed by atoms with Gasteiger partial charge >= 0.3 is 101 Å². The Morgan fingerprint density at radius 2 is 0.857 bits per heavy atom. The molecule has 0 N–H and O–H groups in total. The molecule has 0 rings (SSSR count). The minimum Gasteiger partial charge on any atom is -0.691 e. The van der Waals surface area contributed by atoms with Crippen LogP contribution in [0.25, 0.3) is 0 Å². The molecule has 1 unspecified atom stereocenters. The topological polar surface area (TPSA) is 94.1 Å². The molecule has 1 atom stereocenters. The van der Waals surface area contributed by atoms with Crippen LogP contribution >= 0.6 is 12.0 Å². The monoisotopic (exact) mass is 812 g/mol. The first-order valence-electron chi connectivity index (χ1n) is 11.0. The average Bonchev–Trinajstić information content (AvgIpc) is 2.88. The summed E-state index contributed by atoms with van der Waals surface area (Å²) < 4.78 is 296. The van der Waals surface area contributed by atoms with Crippen molar-refractivity contribution in [2.24, 2.45) is 0 Å². The van der Waals surface area contributed by atoms with Crippen molar-refractivity contribution in [1.29, 1.82) is 0 Å². The minimum atomic E-state index is -8.24. The number of carbonyl (C=O) groups excluding carboxylic acids is 2. The quantitative estimate of drug-likeness (QED) is 0.0518. The molecule has 0 bridgehead atoms. The Balaban J connectivity index is 0. The van der Waals surface area contributed by atoms with E-state index in [0.717, 1.165) is 0 Å². The number of esters is 2. The van der Waals surface area contributed by atoms with Crippen molar-refractivity contribution < 1.29 is 160 Å². The maximum absolute atomic E-state index is 13.7. The van der Waals surface area contributed by atoms with Gasteiger partial charge in [0.2, 0.25) is 0 Å². The molecule has 0 aliphatic heterocycles. The van der Waals surface area contributed by atoms with Gasteiger partial charge in [-0.25, -0.2) is 0 Å². The predicted molar refractivity (Wildman–Crippen MR) is 101 cm³/mol. The molecule has 0 saturated carbocycles. The summed E-state index contributed by atoms with van der Waals surface area (Å²) in [5.74, 6) is -64.3. The van der Waals surface area contributed by atoms with Crippen LogP contribution < -0.4 is 34.8 Å². The summed E-state index contributed by atoms with van der Waals surface area (Å²) >= 11 is -0.745. The Kier molecular flexibility index (Phi) is 16.4. The van der Waals surface area contributed by atoms with Gasteiger partial charge in [-0.3, -0.25) is 14.6 Å². The molecule has 0 saturated heterocycles. The normalized spacial score (nSPS) is 15.4. The Bertz CT molecular complexity index is 1110. The number of hydrogen-bond donors (Lipinski definition) is 0. The van der Waals surface area contributed by atoms with E-state index in [1.807, 2.05) is 0 Å². The van der Waals surface area contributed by atoms with Gasteiger partial charge in [-0.15, -0.1) is 0 Å². The maximum Gasteiger partial charge on any atom is 1.00 e. The van der Waals surface area contributed by atoms with Crippen LogP contribution in [-0.4, -0.2) is 90.1 Å². The van der Waals surface area contributed by atoms with Gasteiger partial charge in [0.05, 0.1) is 32.5 Å². The summed E-state index contributed by atoms with van der Waals surface area (Å²) in [6.07, 6.45) is -22.7. The van der Waals surface area contributed by atoms with Crippen LogP contribution in [0.3, 0.4) is 0 Å². The number of rotatable bonds is 18. The van der Waals surface area contributed by atoms with Gasteiger partial charge in [-0.05, 0) is 0 Å². The molecule has 0 aliphatic carbocycles. The zero-order valence-electron chi connectivity index (χ0n) is 22.7. The van der Waals surface area contributed by atoms with Crippen molar-refractivity contribution in [3.05, 3.63) is 0 Å². The second-order valence-corrected chi connectivity index (χ2v) is 9.56. The summed E-state index contributed by atoms with van der Waals surface area (Å²) in [6.45, 7) is -4.56. The summed E-state index contributed by atoms with van der Waals surface area (Å²) in [6, 6.07) is 0. The van der Waals surface area contributed by atoms with E-state index in [-0.39, 0.29) is 29.6 Å². The molecule has 0 amide bonds. The van der Waals surface area contributed by atoms with Crippen LogP contribution in [0.4, 0.5) is 96.6 Å². The van der Waals surface area contributed by atoms with E-state index in [1.165, 1.54) is 0 Å². The van der Waals surface area contributed by atoms with Crippen LogP contribution in [0.1, 0.15) is 19.3 Å². The second-order valence-electron chi connectivity index (χ2n) is 8.66. The van der Waals surface area contributed by atoms with Crippen molar-refractivity contribution in [2.75, 3.05) is 13.2 Å². The third kappa shape index (κ3) is 9.95. The molecule has 0 heterocycles. The third-order valence-corrected chi connectivity index (χ3v) is 6.07. The van der Waals surface area contributed by atoms with Crippen LogP contribution in [-0.2, 0) is 28.4 Å². The van der Waals surface area contributed by atoms with E-state index in [0.29, 0.717) is 0 Å². The number of hydrogen-bond acceptors (Lipinski definition) is 8. The maximum atomic E-state index is 13.7. The Morgan fingerprint density at radius 3 is 1.22 bits per heavy atom. The van der Waals surface area contributed by atoms with Crippen LogP contribution in [0.2, 0.25) is 0 Å². The summed E-state index contributed by atoms with van der Waals surface area (Å²) in [4.78, 5) is 23.5. The molecule has 0 radical (unpaired) electrons. The first kappa shape index (κ1) is 49.7. The molecule has 0 aliphatic rings. The smallest absolute Gasteiger partial charge is 0.691 e. The first-order chi connectivity index (χ1) is 20.9. The Labute approximate surface area is 281 Å². The molecule has 286 valence electrons. The SMILES string of the molecule is O=C(CC(SOO[O-])C(=O)OCCC(F)(F)C(F)(F)C(F)(F)C(F)(F)F)OCCC(F)(F)C(F)(F)C(F)(F)C(F)(F)C(F)(F)C(F)(F)F.[Na+]. The van der Waals surface area contributed by atoms with E-state index in [4.69, 9.17) is 0 Å². The van der Waals surface area contributed by atoms with Crippen LogP contribution in [0, 0.1) is 0 Å². The zero-order chi connectivity index (χ0) is 38.8.